The van der Waals surface area contributed by atoms with Gasteiger partial charge in [-0.1, -0.05) is 24.3 Å². The Bertz CT molecular complexity index is 857. The van der Waals surface area contributed by atoms with E-state index in [2.05, 4.69) is 4.90 Å². The summed E-state index contributed by atoms with van der Waals surface area (Å²) in [6, 6.07) is 16.6. The van der Waals surface area contributed by atoms with Gasteiger partial charge in [-0.05, 0) is 60.8 Å². The lowest BCUT2D eigenvalue weighted by atomic mass is 9.97. The minimum atomic E-state index is 0.225. The number of benzene rings is 3. The number of aromatic hydroxyl groups is 2. The molecule has 3 aromatic carbocycles. The smallest absolute Gasteiger partial charge is 0.119 e. The van der Waals surface area contributed by atoms with Gasteiger partial charge in [0.2, 0.25) is 0 Å². The highest BCUT2D eigenvalue weighted by atomic mass is 16.5. The summed E-state index contributed by atoms with van der Waals surface area (Å²) in [6.45, 7) is 1.53. The molecule has 4 nitrogen and oxygen atoms in total. The predicted octanol–water partition coefficient (Wildman–Crippen LogP) is 3.78. The molecular weight excluding hydrogens is 314 g/mol. The molecule has 4 heteroatoms. The quantitative estimate of drug-likeness (QED) is 0.719. The monoisotopic (exact) mass is 337 g/mol. The number of phenols is 2. The van der Waals surface area contributed by atoms with Crippen LogP contribution in [0.2, 0.25) is 0 Å². The fourth-order valence-electron chi connectivity index (χ4n) is 2.81. The second-order valence-corrected chi connectivity index (χ2v) is 6.44. The number of nitrogens with zero attached hydrogens (tertiary/aromatic N) is 1. The van der Waals surface area contributed by atoms with Crippen LogP contribution < -0.4 is 4.74 Å². The van der Waals surface area contributed by atoms with E-state index in [0.29, 0.717) is 13.0 Å². The van der Waals surface area contributed by atoms with Crippen molar-refractivity contribution >= 4 is 10.8 Å². The molecule has 0 heterocycles. The van der Waals surface area contributed by atoms with Gasteiger partial charge in [0.15, 0.2) is 0 Å². The number of ether oxygens (including phenoxy) is 1. The van der Waals surface area contributed by atoms with Crippen LogP contribution in [0.3, 0.4) is 0 Å². The van der Waals surface area contributed by atoms with Crippen molar-refractivity contribution in [1.82, 2.24) is 4.90 Å². The molecule has 0 spiro atoms. The second kappa shape index (κ2) is 7.45. The highest BCUT2D eigenvalue weighted by Crippen LogP contribution is 2.31. The van der Waals surface area contributed by atoms with Gasteiger partial charge in [0.05, 0.1) is 0 Å². The lowest BCUT2D eigenvalue weighted by molar-refractivity contribution is 0.261. The molecule has 0 saturated heterocycles. The van der Waals surface area contributed by atoms with Crippen LogP contribution in [0, 0.1) is 0 Å². The van der Waals surface area contributed by atoms with Crippen molar-refractivity contribution in [1.29, 1.82) is 0 Å². The van der Waals surface area contributed by atoms with Crippen molar-refractivity contribution in [2.45, 2.75) is 6.42 Å². The van der Waals surface area contributed by atoms with Gasteiger partial charge in [-0.15, -0.1) is 0 Å². The van der Waals surface area contributed by atoms with Gasteiger partial charge in [-0.3, -0.25) is 0 Å². The molecule has 3 aromatic rings. The summed E-state index contributed by atoms with van der Waals surface area (Å²) in [5, 5.41) is 21.8. The molecule has 0 radical (unpaired) electrons. The van der Waals surface area contributed by atoms with Crippen LogP contribution in [0.15, 0.2) is 54.6 Å². The van der Waals surface area contributed by atoms with E-state index in [4.69, 9.17) is 4.74 Å². The summed E-state index contributed by atoms with van der Waals surface area (Å²) in [5.74, 6) is 1.34. The summed E-state index contributed by atoms with van der Waals surface area (Å²) < 4.78 is 5.71. The molecular formula is C21H23NO3. The first-order valence-electron chi connectivity index (χ1n) is 8.33. The number of hydrogen-bond acceptors (Lipinski definition) is 4. The molecule has 0 aromatic heterocycles. The van der Waals surface area contributed by atoms with Crippen LogP contribution in [0.4, 0.5) is 0 Å². The third-order valence-corrected chi connectivity index (χ3v) is 4.20. The maximum Gasteiger partial charge on any atom is 0.119 e. The molecule has 0 amide bonds. The van der Waals surface area contributed by atoms with E-state index >= 15 is 0 Å². The third-order valence-electron chi connectivity index (χ3n) is 4.20. The van der Waals surface area contributed by atoms with Gasteiger partial charge >= 0.3 is 0 Å². The Balaban J connectivity index is 1.78. The van der Waals surface area contributed by atoms with E-state index in [1.165, 1.54) is 0 Å². The summed E-state index contributed by atoms with van der Waals surface area (Å²) in [7, 11) is 4.03. The minimum Gasteiger partial charge on any atom is -0.508 e. The standard InChI is InChI=1S/C21H23NO3/c1-22(2)11-12-25-18-7-3-15(4-8-18)13-20-19-9-6-17(23)14-16(19)5-10-21(20)24/h3-10,14,23-24H,11-13H2,1-2H3. The molecule has 0 aliphatic rings. The predicted molar refractivity (Wildman–Crippen MR) is 101 cm³/mol. The van der Waals surface area contributed by atoms with Gasteiger partial charge in [0, 0.05) is 18.5 Å². The van der Waals surface area contributed by atoms with Gasteiger partial charge in [0.25, 0.3) is 0 Å². The van der Waals surface area contributed by atoms with Gasteiger partial charge in [0.1, 0.15) is 23.9 Å². The van der Waals surface area contributed by atoms with E-state index in [1.807, 2.05) is 50.5 Å². The van der Waals surface area contributed by atoms with E-state index in [9.17, 15) is 10.2 Å². The van der Waals surface area contributed by atoms with E-state index in [1.54, 1.807) is 18.2 Å². The molecule has 25 heavy (non-hydrogen) atoms. The zero-order valence-electron chi connectivity index (χ0n) is 14.6. The topological polar surface area (TPSA) is 52.9 Å². The highest BCUT2D eigenvalue weighted by Gasteiger charge is 2.09. The number of hydrogen-bond donors (Lipinski definition) is 2. The first-order valence-corrected chi connectivity index (χ1v) is 8.33. The lowest BCUT2D eigenvalue weighted by Crippen LogP contribution is -2.19. The van der Waals surface area contributed by atoms with Gasteiger partial charge in [-0.2, -0.15) is 0 Å². The van der Waals surface area contributed by atoms with Crippen molar-refractivity contribution in [2.24, 2.45) is 0 Å². The molecule has 130 valence electrons. The Morgan fingerprint density at radius 1 is 0.920 bits per heavy atom. The average Bonchev–Trinajstić information content (AvgIpc) is 2.58. The van der Waals surface area contributed by atoms with Gasteiger partial charge in [-0.25, -0.2) is 0 Å². The average molecular weight is 337 g/mol. The van der Waals surface area contributed by atoms with E-state index in [-0.39, 0.29) is 11.5 Å². The summed E-state index contributed by atoms with van der Waals surface area (Å²) in [5.41, 5.74) is 1.95. The van der Waals surface area contributed by atoms with Crippen LogP contribution in [-0.2, 0) is 6.42 Å². The van der Waals surface area contributed by atoms with E-state index in [0.717, 1.165) is 34.2 Å². The van der Waals surface area contributed by atoms with Crippen LogP contribution >= 0.6 is 0 Å². The normalized spacial score (nSPS) is 11.2. The summed E-state index contributed by atoms with van der Waals surface area (Å²) >= 11 is 0. The van der Waals surface area contributed by atoms with Gasteiger partial charge < -0.3 is 19.8 Å². The third kappa shape index (κ3) is 4.22. The zero-order chi connectivity index (χ0) is 17.8. The van der Waals surface area contributed by atoms with Crippen LogP contribution in [0.5, 0.6) is 17.2 Å². The number of likely N-dealkylation sites (N-methyl/N-ethyl adjacent to an activating group) is 1. The zero-order valence-corrected chi connectivity index (χ0v) is 14.6. The Hall–Kier alpha value is -2.72. The molecule has 0 saturated carbocycles. The van der Waals surface area contributed by atoms with Crippen LogP contribution in [0.1, 0.15) is 11.1 Å². The van der Waals surface area contributed by atoms with Crippen molar-refractivity contribution in [3.8, 4) is 17.2 Å². The molecule has 0 fully saturated rings. The molecule has 2 N–H and O–H groups in total. The molecule has 0 bridgehead atoms. The van der Waals surface area contributed by atoms with Crippen molar-refractivity contribution < 1.29 is 14.9 Å². The molecule has 0 unspecified atom stereocenters. The summed E-state index contributed by atoms with van der Waals surface area (Å²) in [4.78, 5) is 2.08. The number of phenolic OH excluding ortho intramolecular Hbond substituents is 2. The van der Waals surface area contributed by atoms with E-state index < -0.39 is 0 Å². The first-order chi connectivity index (χ1) is 12.0. The minimum absolute atomic E-state index is 0.225. The molecule has 0 atom stereocenters. The number of fused-ring (bicyclic) bond motifs is 1. The Morgan fingerprint density at radius 2 is 1.68 bits per heavy atom. The van der Waals surface area contributed by atoms with Crippen LogP contribution in [0.25, 0.3) is 10.8 Å². The maximum atomic E-state index is 10.3. The lowest BCUT2D eigenvalue weighted by Gasteiger charge is -2.12. The fraction of sp³-hybridized carbons (Fsp3) is 0.238. The maximum absolute atomic E-state index is 10.3. The van der Waals surface area contributed by atoms with Crippen molar-refractivity contribution in [3.05, 3.63) is 65.7 Å². The SMILES string of the molecule is CN(C)CCOc1ccc(Cc2c(O)ccc3cc(O)ccc23)cc1. The Kier molecular flexibility index (Phi) is 5.10. The highest BCUT2D eigenvalue weighted by molar-refractivity contribution is 5.89. The van der Waals surface area contributed by atoms with Crippen LogP contribution in [-0.4, -0.2) is 42.4 Å². The first kappa shape index (κ1) is 17.1. The van der Waals surface area contributed by atoms with Crippen molar-refractivity contribution in [2.75, 3.05) is 27.2 Å². The molecule has 0 aliphatic heterocycles. The Labute approximate surface area is 147 Å². The summed E-state index contributed by atoms with van der Waals surface area (Å²) in [6.07, 6.45) is 0.617. The van der Waals surface area contributed by atoms with Crippen molar-refractivity contribution in [3.63, 3.8) is 0 Å². The number of rotatable bonds is 6. The molecule has 3 rings (SSSR count). The largest absolute Gasteiger partial charge is 0.508 e. The Morgan fingerprint density at radius 3 is 2.40 bits per heavy atom. The second-order valence-electron chi connectivity index (χ2n) is 6.44. The fourth-order valence-corrected chi connectivity index (χ4v) is 2.81. The molecule has 0 aliphatic carbocycles.